The fourth-order valence-electron chi connectivity index (χ4n) is 4.12. The molecule has 0 bridgehead atoms. The Morgan fingerprint density at radius 2 is 1.90 bits per heavy atom. The molecule has 1 fully saturated rings. The molecule has 0 atom stereocenters. The van der Waals surface area contributed by atoms with Crippen molar-refractivity contribution in [1.82, 2.24) is 5.32 Å². The van der Waals surface area contributed by atoms with Gasteiger partial charge in [-0.15, -0.1) is 0 Å². The number of fused-ring (bicyclic) bond motifs is 1. The van der Waals surface area contributed by atoms with Gasteiger partial charge < -0.3 is 19.4 Å². The van der Waals surface area contributed by atoms with Gasteiger partial charge >= 0.3 is 0 Å². The van der Waals surface area contributed by atoms with Crippen LogP contribution in [-0.4, -0.2) is 31.6 Å². The molecule has 6 heteroatoms. The highest BCUT2D eigenvalue weighted by Gasteiger charge is 2.27. The number of quaternary nitrogens is 1. The first-order valence-corrected chi connectivity index (χ1v) is 11.0. The lowest BCUT2D eigenvalue weighted by atomic mass is 10.0. The second-order valence-electron chi connectivity index (χ2n) is 7.84. The SMILES string of the molecule is CCOCc1c(C(=O)NC2CC[NH+](Cc3ccc(Cl)cc3)CC2)oc2ccccc12. The van der Waals surface area contributed by atoms with E-state index in [1.165, 1.54) is 10.5 Å². The zero-order valence-corrected chi connectivity index (χ0v) is 18.0. The quantitative estimate of drug-likeness (QED) is 0.605. The lowest BCUT2D eigenvalue weighted by Gasteiger charge is -2.29. The molecule has 1 saturated heterocycles. The third kappa shape index (κ3) is 4.86. The summed E-state index contributed by atoms with van der Waals surface area (Å²) in [6.45, 7) is 5.95. The monoisotopic (exact) mass is 427 g/mol. The van der Waals surface area contributed by atoms with E-state index in [-0.39, 0.29) is 11.9 Å². The van der Waals surface area contributed by atoms with Crippen LogP contribution in [0.5, 0.6) is 0 Å². The standard InChI is InChI=1S/C24H27ClN2O3/c1-2-29-16-21-20-5-3-4-6-22(20)30-23(21)24(28)26-19-11-13-27(14-12-19)15-17-7-9-18(25)10-8-17/h3-10,19H,2,11-16H2,1H3,(H,26,28)/p+1. The van der Waals surface area contributed by atoms with Gasteiger partial charge in [0.25, 0.3) is 5.91 Å². The van der Waals surface area contributed by atoms with Gasteiger partial charge in [0.05, 0.1) is 19.7 Å². The van der Waals surface area contributed by atoms with Crippen molar-refractivity contribution in [1.29, 1.82) is 0 Å². The Balaban J connectivity index is 1.37. The lowest BCUT2D eigenvalue weighted by molar-refractivity contribution is -0.918. The summed E-state index contributed by atoms with van der Waals surface area (Å²) in [5, 5.41) is 4.90. The number of likely N-dealkylation sites (tertiary alicyclic amines) is 1. The number of para-hydroxylation sites is 1. The number of carbonyl (C=O) groups is 1. The third-order valence-electron chi connectivity index (χ3n) is 5.75. The molecule has 3 aromatic rings. The Labute approximate surface area is 181 Å². The molecule has 2 heterocycles. The summed E-state index contributed by atoms with van der Waals surface area (Å²) in [5.74, 6) is 0.229. The molecule has 0 aliphatic carbocycles. The van der Waals surface area contributed by atoms with E-state index in [2.05, 4.69) is 17.4 Å². The van der Waals surface area contributed by atoms with Crippen LogP contribution < -0.4 is 10.2 Å². The van der Waals surface area contributed by atoms with E-state index in [9.17, 15) is 4.79 Å². The maximum atomic E-state index is 13.0. The molecule has 1 aliphatic heterocycles. The molecule has 0 unspecified atom stereocenters. The fourth-order valence-corrected chi connectivity index (χ4v) is 4.24. The van der Waals surface area contributed by atoms with Crippen LogP contribution in [0.15, 0.2) is 52.9 Å². The van der Waals surface area contributed by atoms with Crippen LogP contribution in [0.25, 0.3) is 11.0 Å². The smallest absolute Gasteiger partial charge is 0.287 e. The van der Waals surface area contributed by atoms with Crippen LogP contribution >= 0.6 is 11.6 Å². The molecule has 5 nitrogen and oxygen atoms in total. The van der Waals surface area contributed by atoms with Gasteiger partial charge in [0.2, 0.25) is 0 Å². The minimum Gasteiger partial charge on any atom is -0.451 e. The molecule has 30 heavy (non-hydrogen) atoms. The Bertz CT molecular complexity index is 991. The summed E-state index contributed by atoms with van der Waals surface area (Å²) < 4.78 is 11.5. The summed E-state index contributed by atoms with van der Waals surface area (Å²) in [5.41, 5.74) is 2.84. The van der Waals surface area contributed by atoms with E-state index in [4.69, 9.17) is 20.8 Å². The third-order valence-corrected chi connectivity index (χ3v) is 6.00. The second kappa shape index (κ2) is 9.65. The van der Waals surface area contributed by atoms with Crippen molar-refractivity contribution in [3.05, 3.63) is 70.4 Å². The van der Waals surface area contributed by atoms with Crippen LogP contribution in [0.2, 0.25) is 5.02 Å². The first-order valence-electron chi connectivity index (χ1n) is 10.6. The van der Waals surface area contributed by atoms with Crippen molar-refractivity contribution in [2.45, 2.75) is 39.0 Å². The number of benzene rings is 2. The van der Waals surface area contributed by atoms with Gasteiger partial charge in [-0.25, -0.2) is 0 Å². The van der Waals surface area contributed by atoms with Crippen LogP contribution in [0, 0.1) is 0 Å². The van der Waals surface area contributed by atoms with Crippen molar-refractivity contribution >= 4 is 28.5 Å². The van der Waals surface area contributed by atoms with E-state index in [0.29, 0.717) is 19.0 Å². The van der Waals surface area contributed by atoms with Crippen molar-refractivity contribution in [2.75, 3.05) is 19.7 Å². The van der Waals surface area contributed by atoms with E-state index in [1.807, 2.05) is 43.3 Å². The summed E-state index contributed by atoms with van der Waals surface area (Å²) in [6.07, 6.45) is 1.91. The molecule has 0 saturated carbocycles. The van der Waals surface area contributed by atoms with Crippen LogP contribution in [-0.2, 0) is 17.9 Å². The Morgan fingerprint density at radius 3 is 2.63 bits per heavy atom. The van der Waals surface area contributed by atoms with E-state index in [0.717, 1.165) is 54.0 Å². The van der Waals surface area contributed by atoms with Crippen molar-refractivity contribution in [3.8, 4) is 0 Å². The first-order chi connectivity index (χ1) is 14.6. The van der Waals surface area contributed by atoms with E-state index >= 15 is 0 Å². The van der Waals surface area contributed by atoms with Gasteiger partial charge in [-0.2, -0.15) is 0 Å². The number of piperidine rings is 1. The molecule has 4 rings (SSSR count). The number of hydrogen-bond acceptors (Lipinski definition) is 3. The number of rotatable bonds is 7. The Morgan fingerprint density at radius 1 is 1.17 bits per heavy atom. The molecule has 158 valence electrons. The predicted octanol–water partition coefficient (Wildman–Crippen LogP) is 3.60. The molecule has 1 aliphatic rings. The molecular weight excluding hydrogens is 400 g/mol. The van der Waals surface area contributed by atoms with Crippen molar-refractivity contribution in [2.24, 2.45) is 0 Å². The van der Waals surface area contributed by atoms with Crippen molar-refractivity contribution in [3.63, 3.8) is 0 Å². The van der Waals surface area contributed by atoms with E-state index < -0.39 is 0 Å². The molecular formula is C24H28ClN2O3+. The first kappa shape index (κ1) is 20.9. The minimum absolute atomic E-state index is 0.146. The highest BCUT2D eigenvalue weighted by atomic mass is 35.5. The number of hydrogen-bond donors (Lipinski definition) is 2. The molecule has 1 amide bonds. The average molecular weight is 428 g/mol. The Hall–Kier alpha value is -2.34. The molecule has 2 N–H and O–H groups in total. The van der Waals surface area contributed by atoms with Crippen molar-refractivity contribution < 1.29 is 18.8 Å². The highest BCUT2D eigenvalue weighted by molar-refractivity contribution is 6.30. The fraction of sp³-hybridized carbons (Fsp3) is 0.375. The average Bonchev–Trinajstić information content (AvgIpc) is 3.14. The predicted molar refractivity (Wildman–Crippen MR) is 118 cm³/mol. The largest absolute Gasteiger partial charge is 0.451 e. The summed E-state index contributed by atoms with van der Waals surface area (Å²) in [6, 6.07) is 16.0. The highest BCUT2D eigenvalue weighted by Crippen LogP contribution is 2.27. The number of halogens is 1. The number of carbonyl (C=O) groups excluding carboxylic acids is 1. The van der Waals surface area contributed by atoms with Gasteiger partial charge in [-0.1, -0.05) is 41.9 Å². The van der Waals surface area contributed by atoms with Crippen LogP contribution in [0.4, 0.5) is 0 Å². The van der Waals surface area contributed by atoms with Gasteiger partial charge in [-0.3, -0.25) is 4.79 Å². The number of nitrogens with one attached hydrogen (secondary N) is 2. The summed E-state index contributed by atoms with van der Waals surface area (Å²) in [4.78, 5) is 14.5. The van der Waals surface area contributed by atoms with Crippen LogP contribution in [0.1, 0.15) is 41.4 Å². The van der Waals surface area contributed by atoms with Gasteiger partial charge in [0.15, 0.2) is 5.76 Å². The molecule has 2 aromatic carbocycles. The number of ether oxygens (including phenoxy) is 1. The van der Waals surface area contributed by atoms with Gasteiger partial charge in [0, 0.05) is 47.0 Å². The lowest BCUT2D eigenvalue weighted by Crippen LogP contribution is -3.12. The normalized spacial score (nSPS) is 19.1. The summed E-state index contributed by atoms with van der Waals surface area (Å²) >= 11 is 5.97. The Kier molecular flexibility index (Phi) is 6.72. The van der Waals surface area contributed by atoms with Gasteiger partial charge in [0.1, 0.15) is 12.1 Å². The van der Waals surface area contributed by atoms with E-state index in [1.54, 1.807) is 0 Å². The van der Waals surface area contributed by atoms with Crippen LogP contribution in [0.3, 0.4) is 0 Å². The maximum Gasteiger partial charge on any atom is 0.287 e. The zero-order valence-electron chi connectivity index (χ0n) is 17.2. The molecule has 0 radical (unpaired) electrons. The second-order valence-corrected chi connectivity index (χ2v) is 8.28. The topological polar surface area (TPSA) is 55.9 Å². The summed E-state index contributed by atoms with van der Waals surface area (Å²) in [7, 11) is 0. The molecule has 1 aromatic heterocycles. The maximum absolute atomic E-state index is 13.0. The van der Waals surface area contributed by atoms with Gasteiger partial charge in [-0.05, 0) is 25.1 Å². The number of amides is 1. The molecule has 0 spiro atoms. The number of furan rings is 1. The minimum atomic E-state index is -0.146. The zero-order chi connectivity index (χ0) is 20.9.